The molecule has 3 rings (SSSR count). The van der Waals surface area contributed by atoms with Gasteiger partial charge in [0.25, 0.3) is 0 Å². The first kappa shape index (κ1) is 24.5. The van der Waals surface area contributed by atoms with Crippen molar-refractivity contribution in [3.05, 3.63) is 64.7 Å². The molecule has 170 valence electrons. The van der Waals surface area contributed by atoms with Crippen LogP contribution in [0.2, 0.25) is 0 Å². The van der Waals surface area contributed by atoms with Gasteiger partial charge in [0.15, 0.2) is 0 Å². The maximum absolute atomic E-state index is 12.0. The monoisotopic (exact) mass is 459 g/mol. The van der Waals surface area contributed by atoms with E-state index in [9.17, 15) is 25.8 Å². The van der Waals surface area contributed by atoms with E-state index in [2.05, 4.69) is 10.2 Å². The highest BCUT2D eigenvalue weighted by molar-refractivity contribution is 6.52. The van der Waals surface area contributed by atoms with E-state index in [1.54, 1.807) is 36.4 Å². The van der Waals surface area contributed by atoms with Crippen LogP contribution in [0, 0.1) is 45.3 Å². The average Bonchev–Trinajstić information content (AvgIpc) is 3.17. The molecule has 8 nitrogen and oxygen atoms in total. The van der Waals surface area contributed by atoms with Crippen LogP contribution >= 0.6 is 0 Å². The highest BCUT2D eigenvalue weighted by atomic mass is 16.1. The highest BCUT2D eigenvalue weighted by Gasteiger charge is 2.33. The van der Waals surface area contributed by atoms with Crippen LogP contribution in [0.3, 0.4) is 0 Å². The lowest BCUT2D eigenvalue weighted by molar-refractivity contribution is -0.114. The van der Waals surface area contributed by atoms with Gasteiger partial charge in [-0.15, -0.1) is 0 Å². The minimum absolute atomic E-state index is 0.157. The summed E-state index contributed by atoms with van der Waals surface area (Å²) < 4.78 is 0. The van der Waals surface area contributed by atoms with Crippen molar-refractivity contribution in [2.75, 3.05) is 23.3 Å². The second-order valence-electron chi connectivity index (χ2n) is 7.51. The van der Waals surface area contributed by atoms with Gasteiger partial charge in [-0.25, -0.2) is 4.99 Å². The van der Waals surface area contributed by atoms with E-state index in [1.807, 2.05) is 44.2 Å². The highest BCUT2D eigenvalue weighted by Crippen LogP contribution is 2.43. The van der Waals surface area contributed by atoms with E-state index in [-0.39, 0.29) is 33.9 Å². The lowest BCUT2D eigenvalue weighted by Gasteiger charge is -2.22. The summed E-state index contributed by atoms with van der Waals surface area (Å²) in [5.74, 6) is -0.297. The van der Waals surface area contributed by atoms with Crippen LogP contribution in [-0.4, -0.2) is 24.7 Å². The molecular weight excluding hydrogens is 438 g/mol. The summed E-state index contributed by atoms with van der Waals surface area (Å²) in [5, 5.41) is 41.5. The average molecular weight is 460 g/mol. The molecule has 0 saturated carbocycles. The summed E-state index contributed by atoms with van der Waals surface area (Å²) >= 11 is 0. The number of carbonyl (C=O) groups excluding carboxylic acids is 1. The smallest absolute Gasteiger partial charge is 0.221 e. The predicted molar refractivity (Wildman–Crippen MR) is 134 cm³/mol. The quantitative estimate of drug-likeness (QED) is 0.632. The third-order valence-electron chi connectivity index (χ3n) is 5.54. The summed E-state index contributed by atoms with van der Waals surface area (Å²) in [6.45, 7) is 6.96. The first-order chi connectivity index (χ1) is 16.9. The summed E-state index contributed by atoms with van der Waals surface area (Å²) in [4.78, 5) is 18.8. The van der Waals surface area contributed by atoms with Crippen molar-refractivity contribution in [3.63, 3.8) is 0 Å². The van der Waals surface area contributed by atoms with Gasteiger partial charge in [-0.3, -0.25) is 4.79 Å². The van der Waals surface area contributed by atoms with E-state index < -0.39 is 0 Å². The SMILES string of the molecule is CCN(CC)c1ccc(N=C2C(=C(C#N)C#N)c3ccccc3C2=C(C#N)C#N)c(NC(C)=O)c1. The molecule has 0 atom stereocenters. The molecule has 0 radical (unpaired) electrons. The Morgan fingerprint density at radius 1 is 0.886 bits per heavy atom. The molecule has 0 saturated heterocycles. The van der Waals surface area contributed by atoms with Crippen molar-refractivity contribution in [2.45, 2.75) is 20.8 Å². The van der Waals surface area contributed by atoms with Gasteiger partial charge in [0.2, 0.25) is 5.91 Å². The molecule has 1 aliphatic carbocycles. The second kappa shape index (κ2) is 10.6. The number of nitriles is 4. The van der Waals surface area contributed by atoms with Crippen molar-refractivity contribution < 1.29 is 4.79 Å². The second-order valence-corrected chi connectivity index (χ2v) is 7.51. The Labute approximate surface area is 204 Å². The molecule has 8 heteroatoms. The van der Waals surface area contributed by atoms with E-state index in [0.717, 1.165) is 18.8 Å². The zero-order chi connectivity index (χ0) is 25.5. The Morgan fingerprint density at radius 2 is 1.40 bits per heavy atom. The fraction of sp³-hybridized carbons (Fsp3) is 0.185. The Bertz CT molecular complexity index is 1360. The lowest BCUT2D eigenvalue weighted by Crippen LogP contribution is -2.22. The standard InChI is InChI=1S/C27H21N7O/c1-4-34(5-2)20-10-11-23(24(12-20)32-17(3)35)33-27-25(18(13-28)14-29)21-8-6-7-9-22(21)26(27)19(15-30)16-31/h6-12H,4-5H2,1-3H3,(H,32,35). The van der Waals surface area contributed by atoms with Crippen LogP contribution in [0.4, 0.5) is 17.1 Å². The molecule has 0 bridgehead atoms. The number of anilines is 2. The Kier molecular flexibility index (Phi) is 7.43. The number of carbonyl (C=O) groups is 1. The van der Waals surface area contributed by atoms with Crippen molar-refractivity contribution in [2.24, 2.45) is 4.99 Å². The number of fused-ring (bicyclic) bond motifs is 1. The van der Waals surface area contributed by atoms with E-state index >= 15 is 0 Å². The van der Waals surface area contributed by atoms with Crippen LogP contribution in [0.15, 0.2) is 58.6 Å². The summed E-state index contributed by atoms with van der Waals surface area (Å²) in [5.41, 5.74) is 2.98. The largest absolute Gasteiger partial charge is 0.372 e. The first-order valence-corrected chi connectivity index (χ1v) is 10.9. The number of hydrogen-bond donors (Lipinski definition) is 1. The number of rotatable bonds is 5. The molecule has 0 spiro atoms. The van der Waals surface area contributed by atoms with E-state index in [1.165, 1.54) is 6.92 Å². The minimum atomic E-state index is -0.297. The third kappa shape index (κ3) is 4.64. The lowest BCUT2D eigenvalue weighted by atomic mass is 10.0. The number of benzene rings is 2. The Hall–Kier alpha value is -5.18. The molecule has 0 heterocycles. The Balaban J connectivity index is 2.42. The molecule has 1 amide bonds. The summed E-state index contributed by atoms with van der Waals surface area (Å²) in [6.07, 6.45) is 0. The van der Waals surface area contributed by atoms with Gasteiger partial charge in [-0.05, 0) is 43.2 Å². The van der Waals surface area contributed by atoms with Crippen LogP contribution in [0.5, 0.6) is 0 Å². The van der Waals surface area contributed by atoms with Crippen LogP contribution in [-0.2, 0) is 4.79 Å². The van der Waals surface area contributed by atoms with Crippen molar-refractivity contribution in [1.29, 1.82) is 21.0 Å². The summed E-state index contributed by atoms with van der Waals surface area (Å²) in [6, 6.07) is 19.9. The van der Waals surface area contributed by atoms with Crippen molar-refractivity contribution in [3.8, 4) is 24.3 Å². The topological polar surface area (TPSA) is 140 Å². The number of nitrogens with zero attached hydrogens (tertiary/aromatic N) is 6. The fourth-order valence-electron chi connectivity index (χ4n) is 4.01. The van der Waals surface area contributed by atoms with E-state index in [4.69, 9.17) is 4.99 Å². The van der Waals surface area contributed by atoms with Crippen molar-refractivity contribution in [1.82, 2.24) is 0 Å². The van der Waals surface area contributed by atoms with Gasteiger partial charge in [0.1, 0.15) is 35.4 Å². The number of aliphatic imine (C=N–C) groups is 1. The number of allylic oxidation sites excluding steroid dienone is 4. The zero-order valence-corrected chi connectivity index (χ0v) is 19.5. The van der Waals surface area contributed by atoms with Crippen LogP contribution in [0.1, 0.15) is 31.9 Å². The van der Waals surface area contributed by atoms with Gasteiger partial charge in [0, 0.05) is 36.8 Å². The first-order valence-electron chi connectivity index (χ1n) is 10.9. The zero-order valence-electron chi connectivity index (χ0n) is 19.5. The third-order valence-corrected chi connectivity index (χ3v) is 5.54. The molecule has 0 unspecified atom stereocenters. The minimum Gasteiger partial charge on any atom is -0.372 e. The molecule has 0 aromatic heterocycles. The maximum Gasteiger partial charge on any atom is 0.221 e. The van der Waals surface area contributed by atoms with Gasteiger partial charge < -0.3 is 10.2 Å². The van der Waals surface area contributed by atoms with Gasteiger partial charge in [-0.1, -0.05) is 24.3 Å². The molecule has 2 aromatic carbocycles. The number of nitrogens with one attached hydrogen (secondary N) is 1. The van der Waals surface area contributed by atoms with Crippen LogP contribution < -0.4 is 10.2 Å². The molecular formula is C27H21N7O. The van der Waals surface area contributed by atoms with Crippen LogP contribution in [0.25, 0.3) is 11.1 Å². The number of hydrogen-bond acceptors (Lipinski definition) is 7. The maximum atomic E-state index is 12.0. The fourth-order valence-corrected chi connectivity index (χ4v) is 4.01. The van der Waals surface area contributed by atoms with Crippen molar-refractivity contribution >= 4 is 39.8 Å². The normalized spacial score (nSPS) is 11.3. The predicted octanol–water partition coefficient (Wildman–Crippen LogP) is 4.88. The summed E-state index contributed by atoms with van der Waals surface area (Å²) in [7, 11) is 0. The molecule has 0 aliphatic heterocycles. The molecule has 2 aromatic rings. The van der Waals surface area contributed by atoms with E-state index in [0.29, 0.717) is 22.5 Å². The van der Waals surface area contributed by atoms with Gasteiger partial charge in [0.05, 0.1) is 17.1 Å². The molecule has 1 N–H and O–H groups in total. The molecule has 35 heavy (non-hydrogen) atoms. The molecule has 1 aliphatic rings. The Morgan fingerprint density at radius 3 is 1.83 bits per heavy atom. The number of amides is 1. The van der Waals surface area contributed by atoms with Gasteiger partial charge in [-0.2, -0.15) is 21.0 Å². The molecule has 0 fully saturated rings. The van der Waals surface area contributed by atoms with Gasteiger partial charge >= 0.3 is 0 Å².